The Hall–Kier alpha value is -0.630. The van der Waals surface area contributed by atoms with E-state index in [4.69, 9.17) is 0 Å². The molecule has 0 spiro atoms. The lowest BCUT2D eigenvalue weighted by molar-refractivity contribution is -0.396. The number of alkyl halides is 9. The van der Waals surface area contributed by atoms with E-state index in [1.165, 1.54) is 6.92 Å². The number of rotatable bonds is 5. The highest BCUT2D eigenvalue weighted by atomic mass is 19.4. The average Bonchev–Trinajstić information content (AvgIpc) is 2.12. The summed E-state index contributed by atoms with van der Waals surface area (Å²) in [4.78, 5) is 0. The second kappa shape index (κ2) is 4.56. The van der Waals surface area contributed by atoms with E-state index >= 15 is 0 Å². The smallest absolute Gasteiger partial charge is 0.200 e. The van der Waals surface area contributed by atoms with Crippen molar-refractivity contribution < 1.29 is 39.5 Å². The lowest BCUT2D eigenvalue weighted by Gasteiger charge is -2.33. The largest absolute Gasteiger partial charge is 0.460 e. The highest BCUT2D eigenvalue weighted by molar-refractivity contribution is 5.00. The van der Waals surface area contributed by atoms with Gasteiger partial charge in [0.15, 0.2) is 0 Å². The van der Waals surface area contributed by atoms with Crippen LogP contribution in [0.25, 0.3) is 0 Å². The van der Waals surface area contributed by atoms with Gasteiger partial charge in [0, 0.05) is 6.42 Å². The summed E-state index contributed by atoms with van der Waals surface area (Å²) in [5.74, 6) is -18.6. The van der Waals surface area contributed by atoms with Crippen LogP contribution in [0.15, 0.2) is 0 Å². The maximum atomic E-state index is 12.7. The van der Waals surface area contributed by atoms with Crippen molar-refractivity contribution in [1.82, 2.24) is 0 Å². The molecule has 104 valence electrons. The normalized spacial score (nSPS) is 15.2. The first kappa shape index (κ1) is 16.4. The fourth-order valence-corrected chi connectivity index (χ4v) is 0.963. The van der Waals surface area contributed by atoms with Gasteiger partial charge >= 0.3 is 23.9 Å². The average molecular weight is 276 g/mol. The van der Waals surface area contributed by atoms with Crippen LogP contribution in [0.2, 0.25) is 0 Å². The van der Waals surface area contributed by atoms with Gasteiger partial charge in [-0.2, -0.15) is 39.5 Å². The molecule has 0 saturated heterocycles. The van der Waals surface area contributed by atoms with Crippen molar-refractivity contribution in [1.29, 1.82) is 0 Å². The molecule has 0 aliphatic carbocycles. The maximum absolute atomic E-state index is 12.7. The molecule has 0 fully saturated rings. The van der Waals surface area contributed by atoms with Crippen LogP contribution in [0, 0.1) is 0 Å². The Labute approximate surface area is 90.8 Å². The minimum Gasteiger partial charge on any atom is -0.200 e. The van der Waals surface area contributed by atoms with Crippen molar-refractivity contribution >= 4 is 0 Å². The Morgan fingerprint density at radius 2 is 1.12 bits per heavy atom. The molecule has 0 aromatic heterocycles. The van der Waals surface area contributed by atoms with Crippen molar-refractivity contribution in [2.75, 3.05) is 0 Å². The van der Waals surface area contributed by atoms with Crippen LogP contribution in [-0.4, -0.2) is 23.9 Å². The van der Waals surface area contributed by atoms with Gasteiger partial charge in [0.05, 0.1) is 0 Å². The Morgan fingerprint density at radius 1 is 0.706 bits per heavy atom. The highest BCUT2D eigenvalue weighted by Crippen LogP contribution is 2.54. The quantitative estimate of drug-likeness (QED) is 0.641. The lowest BCUT2D eigenvalue weighted by Crippen LogP contribution is -2.60. The Bertz CT molecular complexity index is 252. The first-order valence-electron chi connectivity index (χ1n) is 4.51. The van der Waals surface area contributed by atoms with Crippen molar-refractivity contribution in [2.24, 2.45) is 0 Å². The summed E-state index contributed by atoms with van der Waals surface area (Å²) in [7, 11) is 0. The van der Waals surface area contributed by atoms with Gasteiger partial charge in [0.25, 0.3) is 0 Å². The molecular formula is C8H9F9. The molecule has 9 heteroatoms. The second-order valence-corrected chi connectivity index (χ2v) is 3.45. The molecule has 0 radical (unpaired) electrons. The zero-order chi connectivity index (χ0) is 14.1. The van der Waals surface area contributed by atoms with E-state index in [0.29, 0.717) is 0 Å². The molecule has 0 nitrogen and oxygen atoms in total. The summed E-state index contributed by atoms with van der Waals surface area (Å²) in [6.07, 6.45) is -9.09. The predicted octanol–water partition coefficient (Wildman–Crippen LogP) is 4.64. The second-order valence-electron chi connectivity index (χ2n) is 3.45. The Kier molecular flexibility index (Phi) is 4.40. The van der Waals surface area contributed by atoms with Crippen molar-refractivity contribution in [3.8, 4) is 0 Å². The third kappa shape index (κ3) is 2.79. The van der Waals surface area contributed by atoms with E-state index in [9.17, 15) is 39.5 Å². The fraction of sp³-hybridized carbons (Fsp3) is 1.00. The minimum absolute atomic E-state index is 0.0384. The van der Waals surface area contributed by atoms with Gasteiger partial charge in [-0.3, -0.25) is 0 Å². The summed E-state index contributed by atoms with van der Waals surface area (Å²) >= 11 is 0. The van der Waals surface area contributed by atoms with Crippen LogP contribution in [0.4, 0.5) is 39.5 Å². The minimum atomic E-state index is -6.77. The molecule has 0 saturated carbocycles. The fourth-order valence-electron chi connectivity index (χ4n) is 0.963. The monoisotopic (exact) mass is 276 g/mol. The first-order chi connectivity index (χ1) is 7.31. The Morgan fingerprint density at radius 3 is 1.41 bits per heavy atom. The standard InChI is InChI=1S/C8H9F9/c1-2-3-4-5(9,10)6(11,12)7(13,14)8(15,16)17/h2-4H2,1H3. The maximum Gasteiger partial charge on any atom is 0.460 e. The zero-order valence-corrected chi connectivity index (χ0v) is 8.52. The van der Waals surface area contributed by atoms with Crippen LogP contribution in [0.5, 0.6) is 0 Å². The molecule has 0 bridgehead atoms. The molecule has 0 unspecified atom stereocenters. The van der Waals surface area contributed by atoms with E-state index in [-0.39, 0.29) is 6.42 Å². The number of hydrogen-bond donors (Lipinski definition) is 0. The topological polar surface area (TPSA) is 0 Å². The van der Waals surface area contributed by atoms with Crippen molar-refractivity contribution in [3.05, 3.63) is 0 Å². The number of unbranched alkanes of at least 4 members (excludes halogenated alkanes) is 1. The number of hydrogen-bond acceptors (Lipinski definition) is 0. The summed E-state index contributed by atoms with van der Waals surface area (Å²) in [6.45, 7) is 1.30. The molecule has 0 aromatic carbocycles. The summed E-state index contributed by atoms with van der Waals surface area (Å²) < 4.78 is 110. The van der Waals surface area contributed by atoms with E-state index in [2.05, 4.69) is 0 Å². The van der Waals surface area contributed by atoms with E-state index in [0.717, 1.165) is 0 Å². The van der Waals surface area contributed by atoms with Crippen LogP contribution < -0.4 is 0 Å². The van der Waals surface area contributed by atoms with Crippen LogP contribution in [0.3, 0.4) is 0 Å². The van der Waals surface area contributed by atoms with Crippen LogP contribution in [0.1, 0.15) is 26.2 Å². The lowest BCUT2D eigenvalue weighted by atomic mass is 9.99. The van der Waals surface area contributed by atoms with Gasteiger partial charge in [-0.25, -0.2) is 0 Å². The van der Waals surface area contributed by atoms with E-state index in [1.807, 2.05) is 0 Å². The van der Waals surface area contributed by atoms with Gasteiger partial charge in [-0.05, 0) is 6.42 Å². The molecule has 0 aromatic rings. The van der Waals surface area contributed by atoms with Gasteiger partial charge in [0.2, 0.25) is 0 Å². The zero-order valence-electron chi connectivity index (χ0n) is 8.52. The number of halogens is 9. The molecule has 0 heterocycles. The van der Waals surface area contributed by atoms with Gasteiger partial charge in [-0.1, -0.05) is 13.3 Å². The van der Waals surface area contributed by atoms with E-state index < -0.39 is 36.8 Å². The third-order valence-corrected chi connectivity index (χ3v) is 2.05. The third-order valence-electron chi connectivity index (χ3n) is 2.05. The van der Waals surface area contributed by atoms with Gasteiger partial charge < -0.3 is 0 Å². The molecule has 0 atom stereocenters. The molecule has 0 aliphatic rings. The predicted molar refractivity (Wildman–Crippen MR) is 40.4 cm³/mol. The van der Waals surface area contributed by atoms with Crippen LogP contribution >= 0.6 is 0 Å². The van der Waals surface area contributed by atoms with E-state index in [1.54, 1.807) is 0 Å². The molecular weight excluding hydrogens is 267 g/mol. The molecule has 17 heavy (non-hydrogen) atoms. The van der Waals surface area contributed by atoms with Crippen molar-refractivity contribution in [3.63, 3.8) is 0 Å². The van der Waals surface area contributed by atoms with Gasteiger partial charge in [0.1, 0.15) is 0 Å². The summed E-state index contributed by atoms with van der Waals surface area (Å²) in [6, 6.07) is 0. The van der Waals surface area contributed by atoms with Gasteiger partial charge in [-0.15, -0.1) is 0 Å². The van der Waals surface area contributed by atoms with Crippen LogP contribution in [-0.2, 0) is 0 Å². The molecule has 0 rings (SSSR count). The first-order valence-corrected chi connectivity index (χ1v) is 4.51. The van der Waals surface area contributed by atoms with Crippen molar-refractivity contribution in [2.45, 2.75) is 50.1 Å². The molecule has 0 amide bonds. The SMILES string of the molecule is CCCCC(F)(F)C(F)(F)C(F)(F)C(F)(F)F. The Balaban J connectivity index is 5.24. The summed E-state index contributed by atoms with van der Waals surface area (Å²) in [5.41, 5.74) is 0. The highest BCUT2D eigenvalue weighted by Gasteiger charge is 2.81. The molecule has 0 aliphatic heterocycles. The molecule has 0 N–H and O–H groups in total. The summed E-state index contributed by atoms with van der Waals surface area (Å²) in [5, 5.41) is 0.